The number of rotatable bonds is 4. The van der Waals surface area contributed by atoms with E-state index in [9.17, 15) is 9.59 Å². The molecule has 0 saturated carbocycles. The topological polar surface area (TPSA) is 82.4 Å². The van der Waals surface area contributed by atoms with Gasteiger partial charge in [-0.2, -0.15) is 5.26 Å². The van der Waals surface area contributed by atoms with Crippen molar-refractivity contribution in [2.45, 2.75) is 26.3 Å². The van der Waals surface area contributed by atoms with Gasteiger partial charge in [0.2, 0.25) is 0 Å². The molecule has 2 unspecified atom stereocenters. The number of nitrogens with one attached hydrogen (secondary N) is 1. The largest absolute Gasteiger partial charge is 0.496 e. The number of urea groups is 1. The van der Waals surface area contributed by atoms with Crippen molar-refractivity contribution in [3.05, 3.63) is 29.3 Å². The molecule has 2 rings (SSSR count). The fourth-order valence-corrected chi connectivity index (χ4v) is 2.56. The summed E-state index contributed by atoms with van der Waals surface area (Å²) in [6.07, 6.45) is 0. The number of carbonyl (C=O) groups is 2. The molecule has 6 nitrogen and oxygen atoms in total. The van der Waals surface area contributed by atoms with Gasteiger partial charge in [-0.05, 0) is 44.0 Å². The van der Waals surface area contributed by atoms with Crippen LogP contribution in [0.3, 0.4) is 0 Å². The molecule has 0 bridgehead atoms. The Labute approximate surface area is 129 Å². The number of nitriles is 1. The summed E-state index contributed by atoms with van der Waals surface area (Å²) in [6.45, 7) is 5.31. The molecule has 1 aromatic carbocycles. The van der Waals surface area contributed by atoms with Crippen molar-refractivity contribution in [2.75, 3.05) is 13.7 Å². The second-order valence-corrected chi connectivity index (χ2v) is 5.69. The van der Waals surface area contributed by atoms with Gasteiger partial charge in [-0.25, -0.2) is 4.79 Å². The molecule has 1 heterocycles. The average Bonchev–Trinajstić information content (AvgIpc) is 2.71. The van der Waals surface area contributed by atoms with E-state index >= 15 is 0 Å². The Balaban J connectivity index is 2.35. The van der Waals surface area contributed by atoms with Gasteiger partial charge in [0.15, 0.2) is 0 Å². The molecule has 116 valence electrons. The minimum Gasteiger partial charge on any atom is -0.496 e. The Bertz CT molecular complexity index is 665. The lowest BCUT2D eigenvalue weighted by molar-refractivity contribution is -0.131. The zero-order valence-electron chi connectivity index (χ0n) is 13.1. The lowest BCUT2D eigenvalue weighted by Crippen LogP contribution is -2.41. The van der Waals surface area contributed by atoms with Crippen molar-refractivity contribution in [1.82, 2.24) is 10.2 Å². The number of carbonyl (C=O) groups excluding carboxylic acids is 2. The SMILES string of the molecule is COc1ccc(C2(C)NC(=O)N(CC(C)C#N)C2=O)cc1C. The van der Waals surface area contributed by atoms with Crippen LogP contribution < -0.4 is 10.1 Å². The van der Waals surface area contributed by atoms with Crippen molar-refractivity contribution >= 4 is 11.9 Å². The van der Waals surface area contributed by atoms with Crippen molar-refractivity contribution in [3.8, 4) is 11.8 Å². The van der Waals surface area contributed by atoms with Crippen LogP contribution in [0.2, 0.25) is 0 Å². The number of benzene rings is 1. The second-order valence-electron chi connectivity index (χ2n) is 5.69. The first-order valence-electron chi connectivity index (χ1n) is 7.02. The van der Waals surface area contributed by atoms with Crippen molar-refractivity contribution < 1.29 is 14.3 Å². The van der Waals surface area contributed by atoms with Crippen LogP contribution in [0.15, 0.2) is 18.2 Å². The number of nitrogens with zero attached hydrogens (tertiary/aromatic N) is 2. The van der Waals surface area contributed by atoms with Crippen molar-refractivity contribution in [1.29, 1.82) is 5.26 Å². The van der Waals surface area contributed by atoms with Gasteiger partial charge in [-0.3, -0.25) is 9.69 Å². The molecule has 1 saturated heterocycles. The number of hydrogen-bond acceptors (Lipinski definition) is 4. The van der Waals surface area contributed by atoms with Crippen LogP contribution in [0.4, 0.5) is 4.79 Å². The highest BCUT2D eigenvalue weighted by Crippen LogP contribution is 2.32. The molecule has 1 aliphatic rings. The summed E-state index contributed by atoms with van der Waals surface area (Å²) in [4.78, 5) is 25.9. The van der Waals surface area contributed by atoms with E-state index in [-0.39, 0.29) is 12.5 Å². The molecule has 22 heavy (non-hydrogen) atoms. The predicted molar refractivity (Wildman–Crippen MR) is 80.1 cm³/mol. The summed E-state index contributed by atoms with van der Waals surface area (Å²) in [5.74, 6) is -0.0297. The average molecular weight is 301 g/mol. The fourth-order valence-electron chi connectivity index (χ4n) is 2.56. The second kappa shape index (κ2) is 5.68. The molecule has 2 atom stereocenters. The summed E-state index contributed by atoms with van der Waals surface area (Å²) in [6, 6.07) is 6.93. The molecule has 1 N–H and O–H groups in total. The maximum absolute atomic E-state index is 12.7. The summed E-state index contributed by atoms with van der Waals surface area (Å²) < 4.78 is 5.21. The van der Waals surface area contributed by atoms with Gasteiger partial charge in [0.05, 0.1) is 19.1 Å². The quantitative estimate of drug-likeness (QED) is 0.861. The Morgan fingerprint density at radius 3 is 2.68 bits per heavy atom. The zero-order chi connectivity index (χ0) is 16.5. The number of ether oxygens (including phenoxy) is 1. The van der Waals surface area contributed by atoms with Crippen LogP contribution in [0, 0.1) is 24.2 Å². The molecular weight excluding hydrogens is 282 g/mol. The lowest BCUT2D eigenvalue weighted by atomic mass is 9.90. The van der Waals surface area contributed by atoms with Crippen LogP contribution in [-0.4, -0.2) is 30.5 Å². The van der Waals surface area contributed by atoms with Crippen LogP contribution in [0.1, 0.15) is 25.0 Å². The third-order valence-corrected chi connectivity index (χ3v) is 3.92. The van der Waals surface area contributed by atoms with Gasteiger partial charge in [-0.15, -0.1) is 0 Å². The molecule has 0 aliphatic carbocycles. The first-order chi connectivity index (χ1) is 10.3. The Morgan fingerprint density at radius 2 is 2.14 bits per heavy atom. The van der Waals surface area contributed by atoms with Crippen LogP contribution in [0.25, 0.3) is 0 Å². The first kappa shape index (κ1) is 15.8. The van der Waals surface area contributed by atoms with Crippen LogP contribution >= 0.6 is 0 Å². The monoisotopic (exact) mass is 301 g/mol. The molecular formula is C16H19N3O3. The van der Waals surface area contributed by atoms with Gasteiger partial charge >= 0.3 is 6.03 Å². The summed E-state index contributed by atoms with van der Waals surface area (Å²) in [7, 11) is 1.58. The van der Waals surface area contributed by atoms with Gasteiger partial charge in [0.1, 0.15) is 11.3 Å². The minimum atomic E-state index is -1.12. The number of amides is 3. The normalized spacial score (nSPS) is 22.2. The third-order valence-electron chi connectivity index (χ3n) is 3.92. The minimum absolute atomic E-state index is 0.0892. The molecule has 1 aliphatic heterocycles. The van der Waals surface area contributed by atoms with E-state index in [0.29, 0.717) is 5.56 Å². The first-order valence-corrected chi connectivity index (χ1v) is 7.02. The molecule has 1 aromatic rings. The smallest absolute Gasteiger partial charge is 0.325 e. The number of imide groups is 1. The van der Waals surface area contributed by atoms with E-state index in [4.69, 9.17) is 10.00 Å². The van der Waals surface area contributed by atoms with E-state index in [1.54, 1.807) is 33.1 Å². The predicted octanol–water partition coefficient (Wildman–Crippen LogP) is 1.93. The lowest BCUT2D eigenvalue weighted by Gasteiger charge is -2.23. The zero-order valence-corrected chi connectivity index (χ0v) is 13.1. The highest BCUT2D eigenvalue weighted by molar-refractivity contribution is 6.07. The van der Waals surface area contributed by atoms with E-state index < -0.39 is 17.5 Å². The maximum atomic E-state index is 12.7. The maximum Gasteiger partial charge on any atom is 0.325 e. The summed E-state index contributed by atoms with van der Waals surface area (Å²) >= 11 is 0. The Hall–Kier alpha value is -2.55. The fraction of sp³-hybridized carbons (Fsp3) is 0.438. The van der Waals surface area contributed by atoms with Gasteiger partial charge in [0.25, 0.3) is 5.91 Å². The van der Waals surface area contributed by atoms with E-state index in [1.807, 2.05) is 19.1 Å². The van der Waals surface area contributed by atoms with Gasteiger partial charge in [0, 0.05) is 6.54 Å². The standard InChI is InChI=1S/C16H19N3O3/c1-10(8-17)9-19-14(20)16(3,18-15(19)21)12-5-6-13(22-4)11(2)7-12/h5-7,10H,9H2,1-4H3,(H,18,21). The number of hydrogen-bond donors (Lipinski definition) is 1. The van der Waals surface area contributed by atoms with E-state index in [1.165, 1.54) is 0 Å². The Kier molecular flexibility index (Phi) is 4.09. The van der Waals surface area contributed by atoms with Crippen molar-refractivity contribution in [2.24, 2.45) is 5.92 Å². The highest BCUT2D eigenvalue weighted by atomic mass is 16.5. The van der Waals surface area contributed by atoms with E-state index in [0.717, 1.165) is 16.2 Å². The summed E-state index contributed by atoms with van der Waals surface area (Å²) in [5, 5.41) is 11.6. The van der Waals surface area contributed by atoms with Gasteiger partial charge in [-0.1, -0.05) is 6.07 Å². The van der Waals surface area contributed by atoms with Crippen LogP contribution in [-0.2, 0) is 10.3 Å². The Morgan fingerprint density at radius 1 is 1.45 bits per heavy atom. The third kappa shape index (κ3) is 2.50. The molecule has 0 spiro atoms. The number of methoxy groups -OCH3 is 1. The molecule has 3 amide bonds. The van der Waals surface area contributed by atoms with Crippen molar-refractivity contribution in [3.63, 3.8) is 0 Å². The van der Waals surface area contributed by atoms with Gasteiger partial charge < -0.3 is 10.1 Å². The summed E-state index contributed by atoms with van der Waals surface area (Å²) in [5.41, 5.74) is 0.451. The van der Waals surface area contributed by atoms with Crippen LogP contribution in [0.5, 0.6) is 5.75 Å². The molecule has 0 radical (unpaired) electrons. The molecule has 6 heteroatoms. The van der Waals surface area contributed by atoms with E-state index in [2.05, 4.69) is 5.32 Å². The number of aryl methyl sites for hydroxylation is 1. The highest BCUT2D eigenvalue weighted by Gasteiger charge is 2.49. The molecule has 1 fully saturated rings. The molecule has 0 aromatic heterocycles.